The van der Waals surface area contributed by atoms with E-state index in [2.05, 4.69) is 113 Å². The molecule has 2 heterocycles. The van der Waals surface area contributed by atoms with Gasteiger partial charge in [-0.15, -0.1) is 0 Å². The summed E-state index contributed by atoms with van der Waals surface area (Å²) >= 11 is -2.60. The van der Waals surface area contributed by atoms with Crippen molar-refractivity contribution in [1.29, 1.82) is 0 Å². The Labute approximate surface area is 269 Å². The van der Waals surface area contributed by atoms with E-state index in [9.17, 15) is 4.79 Å². The van der Waals surface area contributed by atoms with Crippen molar-refractivity contribution in [2.24, 2.45) is 0 Å². The molecule has 6 heteroatoms. The molecule has 0 aliphatic carbocycles. The third-order valence-electron chi connectivity index (χ3n) is 8.01. The van der Waals surface area contributed by atoms with Crippen molar-refractivity contribution in [3.05, 3.63) is 83.8 Å². The number of carbonyl (C=O) groups excluding carboxylic acids is 1. The standard InChI is InChI=1S/C31H36GeNSi.C5H8O2.Ir/c1-20-27(34(7,8)9)15-14-24-25-16-17-33-30(29(25)32(5,6)28(20)24)22-18-21-12-10-11-13-23(21)26(19-22)31(2,3)4;1-4(6)3-5(2)7;/h10-17,19H,1-9H3;3,6H,1-2H3;/q-1;;/b;4-3-;. The molecule has 0 saturated heterocycles. The molecule has 5 rings (SSSR count). The van der Waals surface area contributed by atoms with E-state index in [1.54, 1.807) is 15.1 Å². The molecule has 42 heavy (non-hydrogen) atoms. The fraction of sp³-hybridized carbons (Fsp3) is 0.333. The van der Waals surface area contributed by atoms with E-state index in [-0.39, 0.29) is 37.1 Å². The van der Waals surface area contributed by atoms with Crippen LogP contribution in [0.5, 0.6) is 0 Å². The summed E-state index contributed by atoms with van der Waals surface area (Å²) in [7, 11) is -1.41. The summed E-state index contributed by atoms with van der Waals surface area (Å²) in [6.07, 6.45) is 3.18. The Morgan fingerprint density at radius 2 is 1.60 bits per heavy atom. The second kappa shape index (κ2) is 12.4. The van der Waals surface area contributed by atoms with Gasteiger partial charge < -0.3 is 5.11 Å². The summed E-state index contributed by atoms with van der Waals surface area (Å²) in [4.78, 5) is 15.1. The predicted octanol–water partition coefficient (Wildman–Crippen LogP) is 7.69. The SMILES string of the molecule is CC(=O)/C=C(/C)O.Cc1c([Si](C)(C)C)ccc2[c]1[Ge]([CH3])([CH3])[c]1c-2ccnc1-c1[c-]c2ccccc2c(C(C)(C)C)c1.[Ir]. The third kappa shape index (κ3) is 6.60. The summed E-state index contributed by atoms with van der Waals surface area (Å²) in [5.74, 6) is 5.08. The van der Waals surface area contributed by atoms with Crippen LogP contribution in [0.25, 0.3) is 33.2 Å². The Kier molecular flexibility index (Phi) is 10.1. The minimum absolute atomic E-state index is 0. The number of ketones is 1. The summed E-state index contributed by atoms with van der Waals surface area (Å²) in [6, 6.07) is 21.9. The monoisotopic (exact) mass is 817 g/mol. The van der Waals surface area contributed by atoms with Crippen LogP contribution < -0.4 is 14.0 Å². The molecule has 0 saturated carbocycles. The van der Waals surface area contributed by atoms with Crippen molar-refractivity contribution in [1.82, 2.24) is 4.98 Å². The number of aliphatic hydroxyl groups excluding tert-OH is 1. The summed E-state index contributed by atoms with van der Waals surface area (Å²) < 4.78 is 3.20. The van der Waals surface area contributed by atoms with Gasteiger partial charge in [0.2, 0.25) is 0 Å². The molecule has 1 aliphatic heterocycles. The van der Waals surface area contributed by atoms with E-state index in [1.165, 1.54) is 51.8 Å². The van der Waals surface area contributed by atoms with Crippen molar-refractivity contribution < 1.29 is 30.0 Å². The van der Waals surface area contributed by atoms with Gasteiger partial charge in [0, 0.05) is 26.2 Å². The molecule has 0 fully saturated rings. The van der Waals surface area contributed by atoms with Gasteiger partial charge in [-0.1, -0.05) is 0 Å². The van der Waals surface area contributed by atoms with Gasteiger partial charge in [-0.2, -0.15) is 0 Å². The van der Waals surface area contributed by atoms with Crippen LogP contribution in [0.1, 0.15) is 45.7 Å². The van der Waals surface area contributed by atoms with Crippen LogP contribution in [-0.4, -0.2) is 37.2 Å². The van der Waals surface area contributed by atoms with Gasteiger partial charge in [-0.3, -0.25) is 4.79 Å². The average Bonchev–Trinajstić information content (AvgIpc) is 3.09. The van der Waals surface area contributed by atoms with Crippen molar-refractivity contribution in [3.63, 3.8) is 0 Å². The maximum Gasteiger partial charge on any atom is 0 e. The molecular weight excluding hydrogens is 771 g/mol. The Bertz CT molecular complexity index is 1690. The van der Waals surface area contributed by atoms with Crippen molar-refractivity contribution in [3.8, 4) is 22.4 Å². The Morgan fingerprint density at radius 1 is 0.976 bits per heavy atom. The van der Waals surface area contributed by atoms with E-state index in [4.69, 9.17) is 10.1 Å². The number of rotatable bonds is 3. The Hall–Kier alpha value is -2.31. The number of allylic oxidation sites excluding steroid dienone is 2. The molecule has 1 radical (unpaired) electrons. The Morgan fingerprint density at radius 3 is 2.14 bits per heavy atom. The average molecular weight is 816 g/mol. The molecule has 1 aromatic heterocycles. The minimum atomic E-state index is -2.60. The predicted molar refractivity (Wildman–Crippen MR) is 182 cm³/mol. The number of hydrogen-bond acceptors (Lipinski definition) is 3. The van der Waals surface area contributed by atoms with Crippen LogP contribution in [0, 0.1) is 13.0 Å². The van der Waals surface area contributed by atoms with Crippen LogP contribution in [0.15, 0.2) is 66.6 Å². The number of aliphatic hydroxyl groups is 1. The number of carbonyl (C=O) groups is 1. The van der Waals surface area contributed by atoms with Gasteiger partial charge in [0.15, 0.2) is 5.78 Å². The van der Waals surface area contributed by atoms with Gasteiger partial charge in [0.05, 0.1) is 5.76 Å². The van der Waals surface area contributed by atoms with Crippen LogP contribution in [-0.2, 0) is 30.3 Å². The van der Waals surface area contributed by atoms with E-state index in [1.807, 2.05) is 6.20 Å². The second-order valence-electron chi connectivity index (χ2n) is 13.9. The molecule has 3 aromatic carbocycles. The van der Waals surface area contributed by atoms with E-state index in [0.29, 0.717) is 0 Å². The largest absolute Gasteiger partial charge is 0 e. The Balaban J connectivity index is 0.000000541. The zero-order valence-corrected chi connectivity index (χ0v) is 32.4. The number of fused-ring (bicyclic) bond motifs is 4. The van der Waals surface area contributed by atoms with Crippen LogP contribution in [0.2, 0.25) is 31.2 Å². The quantitative estimate of drug-likeness (QED) is 0.100. The van der Waals surface area contributed by atoms with Crippen molar-refractivity contribution in [2.45, 2.75) is 78.1 Å². The first-order valence-electron chi connectivity index (χ1n) is 14.4. The third-order valence-corrected chi connectivity index (χ3v) is 17.8. The maximum absolute atomic E-state index is 10.0. The molecule has 0 spiro atoms. The molecule has 0 bridgehead atoms. The minimum Gasteiger partial charge on any atom is 0 e. The topological polar surface area (TPSA) is 50.2 Å². The van der Waals surface area contributed by atoms with Gasteiger partial charge in [0.25, 0.3) is 0 Å². The van der Waals surface area contributed by atoms with Crippen molar-refractivity contribution >= 4 is 51.9 Å². The fourth-order valence-corrected chi connectivity index (χ4v) is 16.7. The first-order chi connectivity index (χ1) is 18.9. The first-order valence-corrected chi connectivity index (χ1v) is 24.2. The molecule has 0 amide bonds. The van der Waals surface area contributed by atoms with Gasteiger partial charge in [0.1, 0.15) is 0 Å². The second-order valence-corrected chi connectivity index (χ2v) is 27.9. The van der Waals surface area contributed by atoms with E-state index < -0.39 is 21.3 Å². The number of pyridine rings is 1. The summed E-state index contributed by atoms with van der Waals surface area (Å²) in [6.45, 7) is 19.6. The number of aromatic nitrogens is 1. The molecule has 1 N–H and O–H groups in total. The van der Waals surface area contributed by atoms with E-state index in [0.717, 1.165) is 11.3 Å². The van der Waals surface area contributed by atoms with Crippen LogP contribution in [0.3, 0.4) is 0 Å². The molecule has 223 valence electrons. The summed E-state index contributed by atoms with van der Waals surface area (Å²) in [5.41, 5.74) is 8.15. The zero-order chi connectivity index (χ0) is 30.5. The van der Waals surface area contributed by atoms with Crippen LogP contribution >= 0.6 is 0 Å². The number of hydrogen-bond donors (Lipinski definition) is 1. The van der Waals surface area contributed by atoms with Crippen molar-refractivity contribution in [2.75, 3.05) is 0 Å². The molecule has 0 unspecified atom stereocenters. The fourth-order valence-electron chi connectivity index (χ4n) is 6.47. The number of nitrogens with zero attached hydrogens (tertiary/aromatic N) is 1. The van der Waals surface area contributed by atoms with Crippen LogP contribution in [0.4, 0.5) is 0 Å². The molecule has 0 atom stereocenters. The maximum atomic E-state index is 10.0. The molecule has 3 nitrogen and oxygen atoms in total. The summed E-state index contributed by atoms with van der Waals surface area (Å²) in [5, 5.41) is 12.5. The first kappa shape index (κ1) is 34.2. The van der Waals surface area contributed by atoms with Gasteiger partial charge in [-0.25, -0.2) is 0 Å². The van der Waals surface area contributed by atoms with E-state index >= 15 is 0 Å². The smallest absolute Gasteiger partial charge is 0 e. The molecular formula is C36H44GeIrNO2Si-. The number of benzene rings is 3. The van der Waals surface area contributed by atoms with Gasteiger partial charge in [-0.05, 0) is 13.8 Å². The molecule has 4 aromatic rings. The zero-order valence-electron chi connectivity index (χ0n) is 26.9. The van der Waals surface area contributed by atoms with Gasteiger partial charge >= 0.3 is 210 Å². The molecule has 1 aliphatic rings. The normalized spacial score (nSPS) is 13.9.